The first-order chi connectivity index (χ1) is 20.4. The van der Waals surface area contributed by atoms with Crippen molar-refractivity contribution in [1.82, 2.24) is 0 Å². The number of carbonyl (C=O) groups excluding carboxylic acids is 1. The largest absolute Gasteiger partial charge is 0.462 e. The first kappa shape index (κ1) is 32.3. The zero-order valence-electron chi connectivity index (χ0n) is 26.5. The lowest BCUT2D eigenvalue weighted by Crippen LogP contribution is -2.59. The molecule has 2 bridgehead atoms. The highest BCUT2D eigenvalue weighted by atomic mass is 16.7. The van der Waals surface area contributed by atoms with E-state index in [2.05, 4.69) is 39.0 Å². The van der Waals surface area contributed by atoms with E-state index in [9.17, 15) is 20.1 Å². The van der Waals surface area contributed by atoms with Crippen molar-refractivity contribution in [2.45, 2.75) is 128 Å². The maximum Gasteiger partial charge on any atom is 0.316 e. The van der Waals surface area contributed by atoms with Crippen LogP contribution in [-0.4, -0.2) is 75.9 Å². The molecule has 0 aromatic rings. The fourth-order valence-electron chi connectivity index (χ4n) is 7.66. The summed E-state index contributed by atoms with van der Waals surface area (Å²) in [5, 5.41) is 34.2. The Labute approximate surface area is 256 Å². The van der Waals surface area contributed by atoms with Gasteiger partial charge in [-0.15, -0.1) is 0 Å². The van der Waals surface area contributed by atoms with E-state index in [0.717, 1.165) is 18.4 Å². The molecule has 8 heteroatoms. The Morgan fingerprint density at radius 2 is 1.91 bits per heavy atom. The number of esters is 1. The lowest BCUT2D eigenvalue weighted by molar-refractivity contribution is -0.342. The second-order valence-electron chi connectivity index (χ2n) is 13.6. The van der Waals surface area contributed by atoms with Crippen molar-refractivity contribution in [3.63, 3.8) is 0 Å². The summed E-state index contributed by atoms with van der Waals surface area (Å²) in [7, 11) is 0. The standard InChI is InChI=1S/C35H50O8/c1-7-9-22(4)31-24(6)29(36)18-34(43-31)17-27-16-26(42-34)13-12-21(3)14-20(2)10-8-11-25-19-40-32-30(37)23(5)15-28(33(38)41-27)35(25,32)39/h8-12,15,20,24,26-32,36-37,39H,7,13-14,16-19H2,1-6H3/b10-8+,21-12+,22-9+,25-11+/t20-,24-,26+,27-,28-,29-,30+,31+,32+,34-,35+/m0/s1. The Hall–Kier alpha value is -2.07. The number of aliphatic hydroxyl groups excluding tert-OH is 2. The first-order valence-corrected chi connectivity index (χ1v) is 16.0. The second-order valence-corrected chi connectivity index (χ2v) is 13.6. The zero-order valence-corrected chi connectivity index (χ0v) is 26.5. The van der Waals surface area contributed by atoms with E-state index < -0.39 is 47.7 Å². The highest BCUT2D eigenvalue weighted by Crippen LogP contribution is 2.47. The minimum atomic E-state index is -1.74. The summed E-state index contributed by atoms with van der Waals surface area (Å²) in [6.45, 7) is 12.2. The Kier molecular flexibility index (Phi) is 9.58. The van der Waals surface area contributed by atoms with Crippen molar-refractivity contribution in [1.29, 1.82) is 0 Å². The quantitative estimate of drug-likeness (QED) is 0.306. The third-order valence-corrected chi connectivity index (χ3v) is 10.0. The molecule has 0 aromatic carbocycles. The van der Waals surface area contributed by atoms with Gasteiger partial charge in [0.15, 0.2) is 5.79 Å². The molecule has 3 fully saturated rings. The van der Waals surface area contributed by atoms with Crippen LogP contribution in [0.3, 0.4) is 0 Å². The molecule has 238 valence electrons. The van der Waals surface area contributed by atoms with Gasteiger partial charge in [-0.1, -0.05) is 62.8 Å². The summed E-state index contributed by atoms with van der Waals surface area (Å²) in [4.78, 5) is 14.0. The average Bonchev–Trinajstić information content (AvgIpc) is 3.28. The van der Waals surface area contributed by atoms with Crippen molar-refractivity contribution in [2.24, 2.45) is 17.8 Å². The van der Waals surface area contributed by atoms with Crippen LogP contribution in [0, 0.1) is 17.8 Å². The normalized spacial score (nSPS) is 47.5. The van der Waals surface area contributed by atoms with Crippen molar-refractivity contribution in [3.8, 4) is 0 Å². The molecule has 11 atom stereocenters. The van der Waals surface area contributed by atoms with Crippen LogP contribution in [-0.2, 0) is 23.7 Å². The summed E-state index contributed by atoms with van der Waals surface area (Å²) < 4.78 is 25.6. The Balaban J connectivity index is 1.53. The number of hydrogen-bond donors (Lipinski definition) is 3. The van der Waals surface area contributed by atoms with Gasteiger partial charge in [-0.3, -0.25) is 4.79 Å². The molecule has 8 nitrogen and oxygen atoms in total. The SMILES string of the molecule is CC/C=C(\C)[C@H]1O[C@@]2(C[C@@H]3C[C@@H](C/C=C(\C)C[C@@H](C)/C=C/C=C4\CO[C@@H]5[C@H](O)C(C)=C[C@@H](C(=O)O3)[C@]45O)O2)C[C@H](O)[C@@H]1C. The lowest BCUT2D eigenvalue weighted by atomic mass is 9.71. The predicted molar refractivity (Wildman–Crippen MR) is 163 cm³/mol. The molecule has 0 unspecified atom stereocenters. The predicted octanol–water partition coefficient (Wildman–Crippen LogP) is 4.84. The van der Waals surface area contributed by atoms with Crippen LogP contribution in [0.25, 0.3) is 0 Å². The van der Waals surface area contributed by atoms with Gasteiger partial charge in [0, 0.05) is 25.2 Å². The maximum atomic E-state index is 14.0. The van der Waals surface area contributed by atoms with Gasteiger partial charge in [-0.25, -0.2) is 0 Å². The Morgan fingerprint density at radius 1 is 1.14 bits per heavy atom. The molecule has 5 aliphatic rings. The van der Waals surface area contributed by atoms with Crippen LogP contribution in [0.4, 0.5) is 0 Å². The van der Waals surface area contributed by atoms with Crippen LogP contribution in [0.2, 0.25) is 0 Å². The van der Waals surface area contributed by atoms with Gasteiger partial charge in [0.1, 0.15) is 29.8 Å². The maximum absolute atomic E-state index is 14.0. The van der Waals surface area contributed by atoms with Gasteiger partial charge in [0.05, 0.1) is 24.9 Å². The molecular weight excluding hydrogens is 548 g/mol. The van der Waals surface area contributed by atoms with Gasteiger partial charge < -0.3 is 34.3 Å². The molecule has 3 saturated heterocycles. The molecule has 3 N–H and O–H groups in total. The average molecular weight is 599 g/mol. The molecule has 4 aliphatic heterocycles. The van der Waals surface area contributed by atoms with E-state index in [1.807, 2.05) is 26.0 Å². The van der Waals surface area contributed by atoms with Gasteiger partial charge in [-0.05, 0) is 62.7 Å². The van der Waals surface area contributed by atoms with Gasteiger partial charge in [0.2, 0.25) is 0 Å². The van der Waals surface area contributed by atoms with Gasteiger partial charge >= 0.3 is 5.97 Å². The summed E-state index contributed by atoms with van der Waals surface area (Å²) in [6.07, 6.45) is 11.3. The zero-order chi connectivity index (χ0) is 31.1. The smallest absolute Gasteiger partial charge is 0.316 e. The molecular formula is C35H50O8. The van der Waals surface area contributed by atoms with E-state index in [0.29, 0.717) is 24.0 Å². The molecule has 43 heavy (non-hydrogen) atoms. The minimum absolute atomic E-state index is 0.110. The van der Waals surface area contributed by atoms with E-state index in [4.69, 9.17) is 18.9 Å². The molecule has 4 heterocycles. The third kappa shape index (κ3) is 6.37. The van der Waals surface area contributed by atoms with Crippen LogP contribution < -0.4 is 0 Å². The molecule has 5 rings (SSSR count). The van der Waals surface area contributed by atoms with Gasteiger partial charge in [-0.2, -0.15) is 0 Å². The fraction of sp³-hybridized carbons (Fsp3) is 0.686. The number of allylic oxidation sites excluding steroid dienone is 5. The monoisotopic (exact) mass is 598 g/mol. The molecule has 1 aliphatic carbocycles. The molecule has 0 aromatic heterocycles. The van der Waals surface area contributed by atoms with Crippen LogP contribution in [0.1, 0.15) is 80.1 Å². The number of rotatable bonds is 2. The molecule has 1 spiro atoms. The number of carbonyl (C=O) groups is 1. The van der Waals surface area contributed by atoms with Gasteiger partial charge in [0.25, 0.3) is 0 Å². The van der Waals surface area contributed by atoms with Crippen molar-refractivity contribution < 1.29 is 39.1 Å². The van der Waals surface area contributed by atoms with E-state index >= 15 is 0 Å². The number of aliphatic hydroxyl groups is 3. The number of fused-ring (bicyclic) bond motifs is 2. The van der Waals surface area contributed by atoms with Crippen molar-refractivity contribution in [2.75, 3.05) is 6.61 Å². The fourth-order valence-corrected chi connectivity index (χ4v) is 7.66. The van der Waals surface area contributed by atoms with Crippen LogP contribution >= 0.6 is 0 Å². The highest BCUT2D eigenvalue weighted by Gasteiger charge is 2.60. The summed E-state index contributed by atoms with van der Waals surface area (Å²) in [5.41, 5.74) is 1.64. The van der Waals surface area contributed by atoms with E-state index in [-0.39, 0.29) is 43.5 Å². The van der Waals surface area contributed by atoms with Crippen LogP contribution in [0.5, 0.6) is 0 Å². The summed E-state index contributed by atoms with van der Waals surface area (Å²) >= 11 is 0. The second kappa shape index (κ2) is 12.7. The highest BCUT2D eigenvalue weighted by molar-refractivity contribution is 5.78. The molecule has 0 saturated carbocycles. The molecule has 0 radical (unpaired) electrons. The topological polar surface area (TPSA) is 115 Å². The molecule has 0 amide bonds. The van der Waals surface area contributed by atoms with E-state index in [1.165, 1.54) is 5.57 Å². The van der Waals surface area contributed by atoms with E-state index in [1.54, 1.807) is 13.0 Å². The van der Waals surface area contributed by atoms with Crippen molar-refractivity contribution in [3.05, 3.63) is 58.7 Å². The third-order valence-electron chi connectivity index (χ3n) is 10.0. The Morgan fingerprint density at radius 3 is 2.65 bits per heavy atom. The minimum Gasteiger partial charge on any atom is -0.462 e. The lowest BCUT2D eigenvalue weighted by Gasteiger charge is -2.51. The summed E-state index contributed by atoms with van der Waals surface area (Å²) in [5.74, 6) is -2.61. The number of hydrogen-bond acceptors (Lipinski definition) is 8. The van der Waals surface area contributed by atoms with Crippen molar-refractivity contribution >= 4 is 5.97 Å². The summed E-state index contributed by atoms with van der Waals surface area (Å²) in [6, 6.07) is 0. The Bertz CT molecular complexity index is 1210. The number of ether oxygens (including phenoxy) is 4. The van der Waals surface area contributed by atoms with Crippen LogP contribution in [0.15, 0.2) is 58.7 Å². The first-order valence-electron chi connectivity index (χ1n) is 16.0.